The molecule has 1 aromatic rings. The first-order valence-electron chi connectivity index (χ1n) is 6.38. The van der Waals surface area contributed by atoms with Gasteiger partial charge in [0.05, 0.1) is 0 Å². The highest BCUT2D eigenvalue weighted by atomic mass is 32.1. The Morgan fingerprint density at radius 1 is 1.38 bits per heavy atom. The molecule has 0 radical (unpaired) electrons. The van der Waals surface area contributed by atoms with Crippen molar-refractivity contribution in [2.24, 2.45) is 5.92 Å². The van der Waals surface area contributed by atoms with E-state index in [-0.39, 0.29) is 0 Å². The molecule has 2 rings (SSSR count). The average molecular weight is 239 g/mol. The summed E-state index contributed by atoms with van der Waals surface area (Å²) in [6.07, 6.45) is 7.87. The molecule has 90 valence electrons. The molecule has 0 amide bonds. The first kappa shape index (κ1) is 11.8. The minimum absolute atomic E-state index is 0.540. The Balaban J connectivity index is 1.87. The van der Waals surface area contributed by atoms with Gasteiger partial charge in [0.15, 0.2) is 0 Å². The third-order valence-corrected chi connectivity index (χ3v) is 4.18. The third kappa shape index (κ3) is 2.94. The Morgan fingerprint density at radius 3 is 2.75 bits per heavy atom. The lowest BCUT2D eigenvalue weighted by Gasteiger charge is -2.27. The second kappa shape index (κ2) is 5.62. The molecule has 1 N–H and O–H groups in total. The number of nitrogens with zero attached hydrogens (tertiary/aromatic N) is 2. The molecular weight excluding hydrogens is 218 g/mol. The van der Waals surface area contributed by atoms with Crippen LogP contribution < -0.4 is 5.32 Å². The van der Waals surface area contributed by atoms with Crippen LogP contribution in [0.25, 0.3) is 0 Å². The standard InChI is InChI=1S/C12H21N3S/c1-3-11-14-12(16-15-11)13-9(2)10-7-5-4-6-8-10/h9-10H,3-8H2,1-2H3,(H,13,14,15). The first-order chi connectivity index (χ1) is 7.79. The Bertz CT molecular complexity index is 318. The minimum atomic E-state index is 0.540. The maximum atomic E-state index is 4.46. The summed E-state index contributed by atoms with van der Waals surface area (Å²) in [6, 6.07) is 0.540. The number of aromatic nitrogens is 2. The van der Waals surface area contributed by atoms with E-state index in [1.54, 1.807) is 0 Å². The monoisotopic (exact) mass is 239 g/mol. The quantitative estimate of drug-likeness (QED) is 0.874. The first-order valence-corrected chi connectivity index (χ1v) is 7.16. The van der Waals surface area contributed by atoms with E-state index in [4.69, 9.17) is 0 Å². The molecule has 0 aliphatic heterocycles. The summed E-state index contributed by atoms with van der Waals surface area (Å²) in [7, 11) is 0. The van der Waals surface area contributed by atoms with Crippen molar-refractivity contribution < 1.29 is 0 Å². The van der Waals surface area contributed by atoms with E-state index in [0.717, 1.165) is 23.3 Å². The third-order valence-electron chi connectivity index (χ3n) is 3.49. The van der Waals surface area contributed by atoms with Crippen molar-refractivity contribution in [3.8, 4) is 0 Å². The molecule has 1 saturated carbocycles. The van der Waals surface area contributed by atoms with Crippen molar-refractivity contribution in [2.75, 3.05) is 5.32 Å². The number of anilines is 1. The van der Waals surface area contributed by atoms with Gasteiger partial charge < -0.3 is 5.32 Å². The maximum absolute atomic E-state index is 4.46. The van der Waals surface area contributed by atoms with Gasteiger partial charge in [-0.3, -0.25) is 0 Å². The lowest BCUT2D eigenvalue weighted by Crippen LogP contribution is -2.27. The molecule has 1 unspecified atom stereocenters. The molecule has 1 aliphatic rings. The summed E-state index contributed by atoms with van der Waals surface area (Å²) in [5, 5.41) is 4.51. The van der Waals surface area contributed by atoms with Crippen LogP contribution in [0.3, 0.4) is 0 Å². The summed E-state index contributed by atoms with van der Waals surface area (Å²) in [5.41, 5.74) is 0. The molecule has 1 aliphatic carbocycles. The van der Waals surface area contributed by atoms with Crippen molar-refractivity contribution in [3.05, 3.63) is 5.82 Å². The summed E-state index contributed by atoms with van der Waals surface area (Å²) >= 11 is 1.49. The van der Waals surface area contributed by atoms with Gasteiger partial charge in [0.1, 0.15) is 5.82 Å². The van der Waals surface area contributed by atoms with Crippen LogP contribution in [0.15, 0.2) is 0 Å². The van der Waals surface area contributed by atoms with Crippen molar-refractivity contribution in [2.45, 2.75) is 58.4 Å². The van der Waals surface area contributed by atoms with E-state index in [1.807, 2.05) is 0 Å². The van der Waals surface area contributed by atoms with Gasteiger partial charge in [-0.2, -0.15) is 4.37 Å². The van der Waals surface area contributed by atoms with E-state index in [1.165, 1.54) is 43.6 Å². The molecule has 1 atom stereocenters. The van der Waals surface area contributed by atoms with Crippen LogP contribution in [-0.2, 0) is 6.42 Å². The molecule has 0 spiro atoms. The van der Waals surface area contributed by atoms with Gasteiger partial charge in [-0.1, -0.05) is 26.2 Å². The minimum Gasteiger partial charge on any atom is -0.358 e. The van der Waals surface area contributed by atoms with Gasteiger partial charge in [-0.05, 0) is 25.7 Å². The molecule has 1 heterocycles. The molecule has 1 aromatic heterocycles. The van der Waals surface area contributed by atoms with Crippen LogP contribution in [-0.4, -0.2) is 15.4 Å². The number of hydrogen-bond donors (Lipinski definition) is 1. The topological polar surface area (TPSA) is 37.8 Å². The zero-order valence-electron chi connectivity index (χ0n) is 10.2. The fourth-order valence-electron chi connectivity index (χ4n) is 2.40. The van der Waals surface area contributed by atoms with Gasteiger partial charge in [0.25, 0.3) is 0 Å². The fraction of sp³-hybridized carbons (Fsp3) is 0.833. The molecular formula is C12H21N3S. The molecule has 3 nitrogen and oxygen atoms in total. The fourth-order valence-corrected chi connectivity index (χ4v) is 3.15. The number of hydrogen-bond acceptors (Lipinski definition) is 4. The predicted octanol–water partition coefficient (Wildman–Crippen LogP) is 3.48. The van der Waals surface area contributed by atoms with Crippen LogP contribution >= 0.6 is 11.5 Å². The van der Waals surface area contributed by atoms with Crippen LogP contribution in [0.1, 0.15) is 51.8 Å². The summed E-state index contributed by atoms with van der Waals surface area (Å²) in [5.74, 6) is 1.78. The van der Waals surface area contributed by atoms with Crippen molar-refractivity contribution in [3.63, 3.8) is 0 Å². The number of aryl methyl sites for hydroxylation is 1. The molecule has 16 heavy (non-hydrogen) atoms. The van der Waals surface area contributed by atoms with Crippen molar-refractivity contribution in [1.82, 2.24) is 9.36 Å². The maximum Gasteiger partial charge on any atom is 0.202 e. The molecule has 0 aromatic carbocycles. The van der Waals surface area contributed by atoms with E-state index >= 15 is 0 Å². The number of rotatable bonds is 4. The van der Waals surface area contributed by atoms with Gasteiger partial charge in [-0.15, -0.1) is 0 Å². The van der Waals surface area contributed by atoms with Crippen LogP contribution in [0.4, 0.5) is 5.13 Å². The van der Waals surface area contributed by atoms with E-state index in [0.29, 0.717) is 6.04 Å². The van der Waals surface area contributed by atoms with Gasteiger partial charge in [0.2, 0.25) is 5.13 Å². The van der Waals surface area contributed by atoms with Crippen LogP contribution in [0, 0.1) is 5.92 Å². The van der Waals surface area contributed by atoms with Gasteiger partial charge in [0, 0.05) is 24.0 Å². The lowest BCUT2D eigenvalue weighted by atomic mass is 9.85. The van der Waals surface area contributed by atoms with Crippen molar-refractivity contribution >= 4 is 16.7 Å². The van der Waals surface area contributed by atoms with Gasteiger partial charge >= 0.3 is 0 Å². The van der Waals surface area contributed by atoms with Crippen LogP contribution in [0.2, 0.25) is 0 Å². The Hall–Kier alpha value is -0.640. The Kier molecular flexibility index (Phi) is 4.16. The summed E-state index contributed by atoms with van der Waals surface area (Å²) < 4.78 is 4.30. The molecule has 0 bridgehead atoms. The van der Waals surface area contributed by atoms with Crippen molar-refractivity contribution in [1.29, 1.82) is 0 Å². The second-order valence-electron chi connectivity index (χ2n) is 4.70. The zero-order chi connectivity index (χ0) is 11.4. The SMILES string of the molecule is CCc1nsc(NC(C)C2CCCCC2)n1. The summed E-state index contributed by atoms with van der Waals surface area (Å²) in [4.78, 5) is 4.46. The molecule has 4 heteroatoms. The Labute approximate surface area is 102 Å². The largest absolute Gasteiger partial charge is 0.358 e. The predicted molar refractivity (Wildman–Crippen MR) is 68.9 cm³/mol. The Morgan fingerprint density at radius 2 is 2.12 bits per heavy atom. The highest BCUT2D eigenvalue weighted by Gasteiger charge is 2.20. The molecule has 1 fully saturated rings. The highest BCUT2D eigenvalue weighted by Crippen LogP contribution is 2.28. The average Bonchev–Trinajstić information content (AvgIpc) is 2.78. The van der Waals surface area contributed by atoms with Gasteiger partial charge in [-0.25, -0.2) is 4.98 Å². The van der Waals surface area contributed by atoms with E-state index < -0.39 is 0 Å². The smallest absolute Gasteiger partial charge is 0.202 e. The summed E-state index contributed by atoms with van der Waals surface area (Å²) in [6.45, 7) is 4.37. The highest BCUT2D eigenvalue weighted by molar-refractivity contribution is 7.09. The second-order valence-corrected chi connectivity index (χ2v) is 5.45. The molecule has 0 saturated heterocycles. The normalized spacial score (nSPS) is 19.6. The zero-order valence-corrected chi connectivity index (χ0v) is 11.0. The van der Waals surface area contributed by atoms with E-state index in [9.17, 15) is 0 Å². The lowest BCUT2D eigenvalue weighted by molar-refractivity contribution is 0.328. The number of nitrogens with one attached hydrogen (secondary N) is 1. The van der Waals surface area contributed by atoms with E-state index in [2.05, 4.69) is 28.5 Å². The van der Waals surface area contributed by atoms with Crippen LogP contribution in [0.5, 0.6) is 0 Å².